The highest BCUT2D eigenvalue weighted by Gasteiger charge is 2.31. The van der Waals surface area contributed by atoms with E-state index in [1.807, 2.05) is 47.0 Å². The van der Waals surface area contributed by atoms with E-state index in [1.54, 1.807) is 7.11 Å². The van der Waals surface area contributed by atoms with E-state index in [-0.39, 0.29) is 18.4 Å². The van der Waals surface area contributed by atoms with Crippen molar-refractivity contribution in [3.63, 3.8) is 0 Å². The number of likely N-dealkylation sites (tertiary alicyclic amines) is 1. The van der Waals surface area contributed by atoms with E-state index in [4.69, 9.17) is 4.74 Å². The molecule has 1 aliphatic heterocycles. The maximum atomic E-state index is 13.3. The average molecular weight is 373 g/mol. The normalized spacial score (nSPS) is 20.6. The largest absolute Gasteiger partial charge is 0.396 e. The Kier molecular flexibility index (Phi) is 6.52. The molecule has 0 unspecified atom stereocenters. The van der Waals surface area contributed by atoms with Gasteiger partial charge < -0.3 is 24.2 Å². The van der Waals surface area contributed by atoms with Gasteiger partial charge in [0.15, 0.2) is 0 Å². The maximum absolute atomic E-state index is 13.3. The second-order valence-electron chi connectivity index (χ2n) is 7.78. The summed E-state index contributed by atoms with van der Waals surface area (Å²) in [5, 5.41) is 10.7. The molecule has 0 saturated carbocycles. The number of nitrogens with zero attached hydrogens (tertiary/aromatic N) is 3. The van der Waals surface area contributed by atoms with Gasteiger partial charge in [0, 0.05) is 69.6 Å². The van der Waals surface area contributed by atoms with E-state index in [2.05, 4.69) is 11.9 Å². The van der Waals surface area contributed by atoms with E-state index < -0.39 is 0 Å². The molecule has 1 amide bonds. The molecule has 27 heavy (non-hydrogen) atoms. The fraction of sp³-hybridized carbons (Fsp3) is 0.571. The van der Waals surface area contributed by atoms with Crippen LogP contribution < -0.4 is 0 Å². The van der Waals surface area contributed by atoms with Crippen molar-refractivity contribution >= 4 is 16.8 Å². The summed E-state index contributed by atoms with van der Waals surface area (Å²) in [5.74, 6) is 0.560. The molecule has 1 aromatic carbocycles. The highest BCUT2D eigenvalue weighted by atomic mass is 16.5. The number of carbonyl (C=O) groups excluding carboxylic acids is 1. The van der Waals surface area contributed by atoms with Crippen LogP contribution in [-0.4, -0.2) is 78.9 Å². The van der Waals surface area contributed by atoms with Gasteiger partial charge >= 0.3 is 0 Å². The van der Waals surface area contributed by atoms with E-state index in [0.717, 1.165) is 42.5 Å². The minimum absolute atomic E-state index is 0.0643. The molecule has 1 fully saturated rings. The zero-order valence-corrected chi connectivity index (χ0v) is 16.6. The van der Waals surface area contributed by atoms with Gasteiger partial charge in [-0.05, 0) is 43.5 Å². The molecule has 2 atom stereocenters. The van der Waals surface area contributed by atoms with Crippen LogP contribution in [0.15, 0.2) is 30.5 Å². The summed E-state index contributed by atoms with van der Waals surface area (Å²) < 4.78 is 7.19. The van der Waals surface area contributed by atoms with Crippen LogP contribution in [0.2, 0.25) is 0 Å². The molecule has 0 spiro atoms. The van der Waals surface area contributed by atoms with Crippen molar-refractivity contribution in [2.75, 3.05) is 53.6 Å². The van der Waals surface area contributed by atoms with Crippen molar-refractivity contribution in [1.82, 2.24) is 14.4 Å². The molecule has 1 aliphatic rings. The highest BCUT2D eigenvalue weighted by Crippen LogP contribution is 2.26. The molecule has 2 heterocycles. The number of hydrogen-bond acceptors (Lipinski definition) is 4. The van der Waals surface area contributed by atoms with Crippen LogP contribution in [-0.2, 0) is 11.8 Å². The fourth-order valence-electron chi connectivity index (χ4n) is 4.19. The summed E-state index contributed by atoms with van der Waals surface area (Å²) in [4.78, 5) is 17.5. The number of aliphatic hydroxyl groups is 1. The monoisotopic (exact) mass is 373 g/mol. The second-order valence-corrected chi connectivity index (χ2v) is 7.78. The average Bonchev–Trinajstić information content (AvgIpc) is 3.06. The zero-order chi connectivity index (χ0) is 19.4. The quantitative estimate of drug-likeness (QED) is 0.804. The number of fused-ring (bicyclic) bond motifs is 1. The minimum Gasteiger partial charge on any atom is -0.396 e. The standard InChI is InChI=1S/C21H31N3O3/c1-22(9-10-27-3)12-16-11-17(15-25)14-24(13-16)21(26)19-5-4-6-20-18(19)7-8-23(20)2/h4-8,16-17,25H,9-15H2,1-3H3/t16-,17+/m1/s1. The third-order valence-corrected chi connectivity index (χ3v) is 5.57. The number of aromatic nitrogens is 1. The van der Waals surface area contributed by atoms with Crippen molar-refractivity contribution in [3.8, 4) is 0 Å². The van der Waals surface area contributed by atoms with Gasteiger partial charge in [-0.25, -0.2) is 0 Å². The predicted molar refractivity (Wildman–Crippen MR) is 107 cm³/mol. The number of carbonyl (C=O) groups is 1. The Morgan fingerprint density at radius 1 is 1.30 bits per heavy atom. The smallest absolute Gasteiger partial charge is 0.254 e. The predicted octanol–water partition coefficient (Wildman–Crippen LogP) is 1.83. The minimum atomic E-state index is 0.0643. The highest BCUT2D eigenvalue weighted by molar-refractivity contribution is 6.06. The van der Waals surface area contributed by atoms with Gasteiger partial charge in [0.25, 0.3) is 5.91 Å². The number of benzene rings is 1. The van der Waals surface area contributed by atoms with Gasteiger partial charge in [0.2, 0.25) is 0 Å². The van der Waals surface area contributed by atoms with Gasteiger partial charge in [-0.2, -0.15) is 0 Å². The van der Waals surface area contributed by atoms with Gasteiger partial charge in [-0.1, -0.05) is 6.07 Å². The molecule has 1 aromatic heterocycles. The van der Waals surface area contributed by atoms with Gasteiger partial charge in [-0.3, -0.25) is 4.79 Å². The summed E-state index contributed by atoms with van der Waals surface area (Å²) in [7, 11) is 5.78. The maximum Gasteiger partial charge on any atom is 0.254 e. The van der Waals surface area contributed by atoms with E-state index in [0.29, 0.717) is 19.1 Å². The summed E-state index contributed by atoms with van der Waals surface area (Å²) in [6.45, 7) is 3.95. The Balaban J connectivity index is 1.76. The number of ether oxygens (including phenoxy) is 1. The molecule has 1 N–H and O–H groups in total. The van der Waals surface area contributed by atoms with Crippen LogP contribution >= 0.6 is 0 Å². The number of rotatable bonds is 7. The summed E-state index contributed by atoms with van der Waals surface area (Å²) in [6.07, 6.45) is 2.94. The number of aryl methyl sites for hydroxylation is 1. The number of amides is 1. The first kappa shape index (κ1) is 19.9. The number of likely N-dealkylation sites (N-methyl/N-ethyl adjacent to an activating group) is 1. The van der Waals surface area contributed by atoms with Crippen molar-refractivity contribution in [3.05, 3.63) is 36.0 Å². The first-order chi connectivity index (χ1) is 13.0. The molecule has 6 heteroatoms. The summed E-state index contributed by atoms with van der Waals surface area (Å²) in [5.41, 5.74) is 1.81. The molecule has 0 radical (unpaired) electrons. The van der Waals surface area contributed by atoms with Gasteiger partial charge in [0.1, 0.15) is 0 Å². The van der Waals surface area contributed by atoms with Crippen LogP contribution in [0.25, 0.3) is 10.9 Å². The third kappa shape index (κ3) is 4.51. The molecular weight excluding hydrogens is 342 g/mol. The number of hydrogen-bond donors (Lipinski definition) is 1. The van der Waals surface area contributed by atoms with Crippen molar-refractivity contribution in [1.29, 1.82) is 0 Å². The molecule has 148 valence electrons. The Bertz CT molecular complexity index is 773. The lowest BCUT2D eigenvalue weighted by molar-refractivity contribution is 0.0452. The Morgan fingerprint density at radius 2 is 2.07 bits per heavy atom. The van der Waals surface area contributed by atoms with E-state index in [9.17, 15) is 9.90 Å². The van der Waals surface area contributed by atoms with Crippen LogP contribution in [0.1, 0.15) is 16.8 Å². The van der Waals surface area contributed by atoms with Crippen LogP contribution in [0.4, 0.5) is 0 Å². The van der Waals surface area contributed by atoms with Gasteiger partial charge in [0.05, 0.1) is 6.61 Å². The van der Waals surface area contributed by atoms with Crippen LogP contribution in [0.5, 0.6) is 0 Å². The lowest BCUT2D eigenvalue weighted by Crippen LogP contribution is -2.47. The Labute approximate surface area is 161 Å². The first-order valence-electron chi connectivity index (χ1n) is 9.65. The molecule has 0 bridgehead atoms. The third-order valence-electron chi connectivity index (χ3n) is 5.57. The molecule has 2 aromatic rings. The zero-order valence-electron chi connectivity index (χ0n) is 16.6. The molecule has 3 rings (SSSR count). The number of piperidine rings is 1. The van der Waals surface area contributed by atoms with Crippen LogP contribution in [0, 0.1) is 11.8 Å². The molecule has 6 nitrogen and oxygen atoms in total. The van der Waals surface area contributed by atoms with Crippen molar-refractivity contribution in [2.24, 2.45) is 18.9 Å². The molecule has 0 aliphatic carbocycles. The van der Waals surface area contributed by atoms with Crippen molar-refractivity contribution < 1.29 is 14.6 Å². The van der Waals surface area contributed by atoms with Gasteiger partial charge in [-0.15, -0.1) is 0 Å². The van der Waals surface area contributed by atoms with E-state index in [1.165, 1.54) is 0 Å². The van der Waals surface area contributed by atoms with Crippen LogP contribution in [0.3, 0.4) is 0 Å². The van der Waals surface area contributed by atoms with Crippen molar-refractivity contribution in [2.45, 2.75) is 6.42 Å². The Morgan fingerprint density at radius 3 is 2.81 bits per heavy atom. The summed E-state index contributed by atoms with van der Waals surface area (Å²) in [6, 6.07) is 7.89. The number of methoxy groups -OCH3 is 1. The first-order valence-corrected chi connectivity index (χ1v) is 9.65. The Hall–Kier alpha value is -1.89. The topological polar surface area (TPSA) is 57.9 Å². The lowest BCUT2D eigenvalue weighted by Gasteiger charge is -2.38. The molecular formula is C21H31N3O3. The second kappa shape index (κ2) is 8.87. The summed E-state index contributed by atoms with van der Waals surface area (Å²) >= 11 is 0. The SMILES string of the molecule is COCCN(C)C[C@H]1C[C@H](CO)CN(C(=O)c2cccc3c2ccn3C)C1. The van der Waals surface area contributed by atoms with E-state index >= 15 is 0 Å². The molecule has 1 saturated heterocycles. The fourth-order valence-corrected chi connectivity index (χ4v) is 4.19. The lowest BCUT2D eigenvalue weighted by atomic mass is 9.88. The number of aliphatic hydroxyl groups excluding tert-OH is 1.